The monoisotopic (exact) mass is 415 g/mol. The molecule has 2 aromatic rings. The SMILES string of the molecule is COc1ccc(C2CC(=O)C3=C(C2)NC(=O)CC3c2ccc(Cl)c(Cl)c2)cc1. The van der Waals surface area contributed by atoms with E-state index in [0.717, 1.165) is 22.6 Å². The van der Waals surface area contributed by atoms with Gasteiger partial charge in [-0.15, -0.1) is 0 Å². The van der Waals surface area contributed by atoms with Crippen molar-refractivity contribution in [1.82, 2.24) is 5.32 Å². The number of halogens is 2. The number of benzene rings is 2. The lowest BCUT2D eigenvalue weighted by Crippen LogP contribution is -2.38. The second kappa shape index (κ2) is 7.61. The van der Waals surface area contributed by atoms with E-state index in [1.54, 1.807) is 19.2 Å². The predicted molar refractivity (Wildman–Crippen MR) is 109 cm³/mol. The Labute approximate surface area is 173 Å². The zero-order chi connectivity index (χ0) is 19.8. The van der Waals surface area contributed by atoms with Crippen LogP contribution in [-0.2, 0) is 9.59 Å². The molecule has 2 atom stereocenters. The Morgan fingerprint density at radius 1 is 0.929 bits per heavy atom. The van der Waals surface area contributed by atoms with Gasteiger partial charge in [0.15, 0.2) is 5.78 Å². The van der Waals surface area contributed by atoms with Gasteiger partial charge in [-0.3, -0.25) is 9.59 Å². The van der Waals surface area contributed by atoms with Gasteiger partial charge < -0.3 is 10.1 Å². The summed E-state index contributed by atoms with van der Waals surface area (Å²) in [5.74, 6) is 0.500. The van der Waals surface area contributed by atoms with Crippen LogP contribution in [0.4, 0.5) is 0 Å². The lowest BCUT2D eigenvalue weighted by Gasteiger charge is -2.34. The van der Waals surface area contributed by atoms with Gasteiger partial charge in [-0.1, -0.05) is 41.4 Å². The quantitative estimate of drug-likeness (QED) is 0.766. The Kier molecular flexibility index (Phi) is 5.17. The van der Waals surface area contributed by atoms with Crippen LogP contribution < -0.4 is 10.1 Å². The number of hydrogen-bond acceptors (Lipinski definition) is 3. The van der Waals surface area contributed by atoms with Crippen molar-refractivity contribution in [2.75, 3.05) is 7.11 Å². The maximum atomic E-state index is 13.1. The molecule has 1 aliphatic carbocycles. The van der Waals surface area contributed by atoms with Crippen LogP contribution in [0.2, 0.25) is 10.0 Å². The molecule has 2 unspecified atom stereocenters. The number of ketones is 1. The first-order valence-corrected chi connectivity index (χ1v) is 9.87. The van der Waals surface area contributed by atoms with E-state index < -0.39 is 0 Å². The van der Waals surface area contributed by atoms with Gasteiger partial charge in [-0.25, -0.2) is 0 Å². The molecule has 0 saturated heterocycles. The number of methoxy groups -OCH3 is 1. The van der Waals surface area contributed by atoms with Crippen LogP contribution in [-0.4, -0.2) is 18.8 Å². The summed E-state index contributed by atoms with van der Waals surface area (Å²) in [5.41, 5.74) is 3.33. The molecule has 144 valence electrons. The van der Waals surface area contributed by atoms with Crippen LogP contribution >= 0.6 is 23.2 Å². The molecule has 4 nitrogen and oxygen atoms in total. The third-order valence-electron chi connectivity index (χ3n) is 5.47. The molecule has 1 amide bonds. The van der Waals surface area contributed by atoms with Crippen LogP contribution in [0.15, 0.2) is 53.7 Å². The number of nitrogens with one attached hydrogen (secondary N) is 1. The molecule has 28 heavy (non-hydrogen) atoms. The van der Waals surface area contributed by atoms with Crippen molar-refractivity contribution in [3.8, 4) is 5.75 Å². The summed E-state index contributed by atoms with van der Waals surface area (Å²) >= 11 is 12.2. The Morgan fingerprint density at radius 2 is 1.64 bits per heavy atom. The van der Waals surface area contributed by atoms with Crippen LogP contribution in [0.1, 0.15) is 42.2 Å². The molecule has 1 aliphatic heterocycles. The minimum absolute atomic E-state index is 0.0324. The standard InChI is InChI=1S/C22H19Cl2NO3/c1-28-15-5-2-12(3-6-15)14-9-19-22(20(26)10-14)16(11-21(27)25-19)13-4-7-17(23)18(24)8-13/h2-8,14,16H,9-11H2,1H3,(H,25,27). The molecule has 2 aliphatic rings. The molecule has 0 bridgehead atoms. The van der Waals surface area contributed by atoms with Crippen molar-refractivity contribution in [2.45, 2.75) is 31.1 Å². The lowest BCUT2D eigenvalue weighted by atomic mass is 9.73. The summed E-state index contributed by atoms with van der Waals surface area (Å²) in [6.07, 6.45) is 1.27. The second-order valence-corrected chi connectivity index (χ2v) is 7.99. The first-order valence-electron chi connectivity index (χ1n) is 9.11. The van der Waals surface area contributed by atoms with Crippen molar-refractivity contribution in [3.05, 3.63) is 74.9 Å². The van der Waals surface area contributed by atoms with Crippen LogP contribution in [0.3, 0.4) is 0 Å². The Bertz CT molecular complexity index is 982. The molecule has 6 heteroatoms. The van der Waals surface area contributed by atoms with E-state index in [0.29, 0.717) is 28.5 Å². The van der Waals surface area contributed by atoms with Crippen molar-refractivity contribution < 1.29 is 14.3 Å². The highest BCUT2D eigenvalue weighted by Gasteiger charge is 2.38. The van der Waals surface area contributed by atoms with Crippen LogP contribution in [0.25, 0.3) is 0 Å². The Hall–Kier alpha value is -2.30. The van der Waals surface area contributed by atoms with Crippen molar-refractivity contribution in [1.29, 1.82) is 0 Å². The smallest absolute Gasteiger partial charge is 0.225 e. The minimum Gasteiger partial charge on any atom is -0.497 e. The van der Waals surface area contributed by atoms with E-state index in [4.69, 9.17) is 27.9 Å². The summed E-state index contributed by atoms with van der Waals surface area (Å²) in [4.78, 5) is 25.4. The fraction of sp³-hybridized carbons (Fsp3) is 0.273. The summed E-state index contributed by atoms with van der Waals surface area (Å²) < 4.78 is 5.21. The van der Waals surface area contributed by atoms with E-state index in [1.165, 1.54) is 0 Å². The third-order valence-corrected chi connectivity index (χ3v) is 6.21. The fourth-order valence-corrected chi connectivity index (χ4v) is 4.39. The van der Waals surface area contributed by atoms with Gasteiger partial charge >= 0.3 is 0 Å². The largest absolute Gasteiger partial charge is 0.497 e. The summed E-state index contributed by atoms with van der Waals surface area (Å²) in [5, 5.41) is 3.81. The molecule has 0 saturated carbocycles. The predicted octanol–water partition coefficient (Wildman–Crippen LogP) is 5.01. The van der Waals surface area contributed by atoms with Gasteiger partial charge in [0.2, 0.25) is 5.91 Å². The highest BCUT2D eigenvalue weighted by Crippen LogP contribution is 2.43. The molecule has 0 fully saturated rings. The normalized spacial score (nSPS) is 22.0. The number of Topliss-reactive ketones (excluding diaryl/α,β-unsaturated/α-hetero) is 1. The summed E-state index contributed by atoms with van der Waals surface area (Å²) in [7, 11) is 1.62. The minimum atomic E-state index is -0.289. The molecule has 4 rings (SSSR count). The Morgan fingerprint density at radius 3 is 2.32 bits per heavy atom. The first kappa shape index (κ1) is 19.0. The molecular weight excluding hydrogens is 397 g/mol. The molecule has 0 radical (unpaired) electrons. The maximum absolute atomic E-state index is 13.1. The molecule has 2 aromatic carbocycles. The van der Waals surface area contributed by atoms with Crippen molar-refractivity contribution >= 4 is 34.9 Å². The second-order valence-electron chi connectivity index (χ2n) is 7.17. The zero-order valence-corrected chi connectivity index (χ0v) is 16.8. The van der Waals surface area contributed by atoms with Gasteiger partial charge in [0.1, 0.15) is 5.75 Å². The number of amides is 1. The average Bonchev–Trinajstić information content (AvgIpc) is 2.69. The maximum Gasteiger partial charge on any atom is 0.225 e. The van der Waals surface area contributed by atoms with E-state index in [2.05, 4.69) is 5.32 Å². The van der Waals surface area contributed by atoms with Gasteiger partial charge in [0, 0.05) is 30.0 Å². The molecule has 0 aromatic heterocycles. The van der Waals surface area contributed by atoms with Crippen molar-refractivity contribution in [2.24, 2.45) is 0 Å². The fourth-order valence-electron chi connectivity index (χ4n) is 4.09. The number of carbonyl (C=O) groups excluding carboxylic acids is 2. The number of allylic oxidation sites excluding steroid dienone is 2. The molecular formula is C22H19Cl2NO3. The number of carbonyl (C=O) groups is 2. The number of ether oxygens (including phenoxy) is 1. The highest BCUT2D eigenvalue weighted by molar-refractivity contribution is 6.42. The number of hydrogen-bond donors (Lipinski definition) is 1. The van der Waals surface area contributed by atoms with Crippen molar-refractivity contribution in [3.63, 3.8) is 0 Å². The summed E-state index contributed by atoms with van der Waals surface area (Å²) in [6, 6.07) is 13.0. The van der Waals surface area contributed by atoms with Gasteiger partial charge in [0.25, 0.3) is 0 Å². The topological polar surface area (TPSA) is 55.4 Å². The van der Waals surface area contributed by atoms with E-state index in [9.17, 15) is 9.59 Å². The van der Waals surface area contributed by atoms with Gasteiger partial charge in [0.05, 0.1) is 17.2 Å². The number of rotatable bonds is 3. The summed E-state index contributed by atoms with van der Waals surface area (Å²) in [6.45, 7) is 0. The zero-order valence-electron chi connectivity index (χ0n) is 15.3. The first-order chi connectivity index (χ1) is 13.5. The molecule has 0 spiro atoms. The van der Waals surface area contributed by atoms with Gasteiger partial charge in [-0.05, 0) is 47.7 Å². The Balaban J connectivity index is 1.69. The molecule has 1 heterocycles. The van der Waals surface area contributed by atoms with Crippen LogP contribution in [0.5, 0.6) is 5.75 Å². The highest BCUT2D eigenvalue weighted by atomic mass is 35.5. The average molecular weight is 416 g/mol. The molecule has 1 N–H and O–H groups in total. The van der Waals surface area contributed by atoms with E-state index in [-0.39, 0.29) is 29.9 Å². The lowest BCUT2D eigenvalue weighted by molar-refractivity contribution is -0.122. The third kappa shape index (κ3) is 3.54. The van der Waals surface area contributed by atoms with Gasteiger partial charge in [-0.2, -0.15) is 0 Å². The van der Waals surface area contributed by atoms with Crippen LogP contribution in [0, 0.1) is 0 Å². The van der Waals surface area contributed by atoms with E-state index in [1.807, 2.05) is 30.3 Å². The van der Waals surface area contributed by atoms with E-state index >= 15 is 0 Å².